The van der Waals surface area contributed by atoms with Crippen molar-refractivity contribution in [3.8, 4) is 0 Å². The number of benzene rings is 2. The third-order valence-corrected chi connectivity index (χ3v) is 5.78. The van der Waals surface area contributed by atoms with Crippen molar-refractivity contribution in [1.82, 2.24) is 10.6 Å². The molecule has 0 aromatic heterocycles. The standard InChI is InChI=1S/C21H26N2O3S/c1-3-16(2)19(23-20(24)17-10-6-4-7-11-17)21(25)22-14-15-27(26)18-12-8-5-9-13-18/h4-13,16,19H,3,14-15H2,1-2H3,(H,22,25)(H,23,24)/t16-,19-,27+/m0/s1. The van der Waals surface area contributed by atoms with Gasteiger partial charge in [-0.15, -0.1) is 0 Å². The second-order valence-electron chi connectivity index (χ2n) is 6.36. The second-order valence-corrected chi connectivity index (χ2v) is 7.93. The summed E-state index contributed by atoms with van der Waals surface area (Å²) in [5.74, 6) is -0.213. The molecule has 0 saturated heterocycles. The van der Waals surface area contributed by atoms with Gasteiger partial charge in [-0.25, -0.2) is 0 Å². The van der Waals surface area contributed by atoms with Crippen molar-refractivity contribution in [2.45, 2.75) is 31.2 Å². The average molecular weight is 387 g/mol. The molecule has 0 bridgehead atoms. The highest BCUT2D eigenvalue weighted by atomic mass is 32.2. The van der Waals surface area contributed by atoms with Crippen LogP contribution >= 0.6 is 0 Å². The zero-order valence-corrected chi connectivity index (χ0v) is 16.5. The second kappa shape index (κ2) is 10.6. The molecule has 0 unspecified atom stereocenters. The molecule has 0 heterocycles. The molecular weight excluding hydrogens is 360 g/mol. The third kappa shape index (κ3) is 6.32. The van der Waals surface area contributed by atoms with E-state index in [2.05, 4.69) is 10.6 Å². The smallest absolute Gasteiger partial charge is 0.251 e. The van der Waals surface area contributed by atoms with Crippen LogP contribution in [0.25, 0.3) is 0 Å². The first kappa shape index (κ1) is 20.8. The van der Waals surface area contributed by atoms with Crippen LogP contribution in [0.1, 0.15) is 30.6 Å². The van der Waals surface area contributed by atoms with Crippen LogP contribution < -0.4 is 10.6 Å². The zero-order chi connectivity index (χ0) is 19.6. The minimum atomic E-state index is -1.17. The predicted octanol–water partition coefficient (Wildman–Crippen LogP) is 2.76. The van der Waals surface area contributed by atoms with E-state index in [0.717, 1.165) is 11.3 Å². The van der Waals surface area contributed by atoms with Crippen LogP contribution in [-0.4, -0.2) is 34.4 Å². The quantitative estimate of drug-likeness (QED) is 0.696. The number of hydrogen-bond donors (Lipinski definition) is 2. The average Bonchev–Trinajstić information content (AvgIpc) is 2.72. The van der Waals surface area contributed by atoms with Gasteiger partial charge < -0.3 is 10.6 Å². The maximum absolute atomic E-state index is 12.6. The lowest BCUT2D eigenvalue weighted by molar-refractivity contribution is -0.124. The third-order valence-electron chi connectivity index (χ3n) is 4.41. The molecular formula is C21H26N2O3S. The van der Waals surface area contributed by atoms with Crippen molar-refractivity contribution in [1.29, 1.82) is 0 Å². The van der Waals surface area contributed by atoms with Crippen molar-refractivity contribution in [3.63, 3.8) is 0 Å². The zero-order valence-electron chi connectivity index (χ0n) is 15.7. The Morgan fingerprint density at radius 2 is 1.59 bits per heavy atom. The van der Waals surface area contributed by atoms with Crippen molar-refractivity contribution in [2.75, 3.05) is 12.3 Å². The van der Waals surface area contributed by atoms with E-state index in [1.165, 1.54) is 0 Å². The van der Waals surface area contributed by atoms with Crippen molar-refractivity contribution in [3.05, 3.63) is 66.2 Å². The lowest BCUT2D eigenvalue weighted by atomic mass is 9.98. The molecule has 0 aliphatic heterocycles. The van der Waals surface area contributed by atoms with Crippen LogP contribution in [0.2, 0.25) is 0 Å². The van der Waals surface area contributed by atoms with Crippen LogP contribution in [0.5, 0.6) is 0 Å². The molecule has 0 aliphatic rings. The van der Waals surface area contributed by atoms with Gasteiger partial charge in [0, 0.05) is 22.8 Å². The van der Waals surface area contributed by atoms with E-state index in [1.807, 2.05) is 38.1 Å². The van der Waals surface area contributed by atoms with E-state index < -0.39 is 16.8 Å². The van der Waals surface area contributed by atoms with E-state index in [-0.39, 0.29) is 24.3 Å². The molecule has 5 nitrogen and oxygen atoms in total. The lowest BCUT2D eigenvalue weighted by Crippen LogP contribution is -2.50. The van der Waals surface area contributed by atoms with E-state index >= 15 is 0 Å². The summed E-state index contributed by atoms with van der Waals surface area (Å²) in [5.41, 5.74) is 0.517. The molecule has 144 valence electrons. The van der Waals surface area contributed by atoms with Crippen LogP contribution in [0.3, 0.4) is 0 Å². The summed E-state index contributed by atoms with van der Waals surface area (Å²) in [6, 6.07) is 17.4. The minimum absolute atomic E-state index is 0.0164. The van der Waals surface area contributed by atoms with Crippen molar-refractivity contribution in [2.24, 2.45) is 5.92 Å². The van der Waals surface area contributed by atoms with Crippen LogP contribution in [0.15, 0.2) is 65.6 Å². The summed E-state index contributed by atoms with van der Waals surface area (Å²) >= 11 is 0. The summed E-state index contributed by atoms with van der Waals surface area (Å²) in [4.78, 5) is 25.7. The van der Waals surface area contributed by atoms with Gasteiger partial charge in [-0.2, -0.15) is 0 Å². The van der Waals surface area contributed by atoms with Gasteiger partial charge in [0.2, 0.25) is 5.91 Å². The molecule has 0 aliphatic carbocycles. The predicted molar refractivity (Wildman–Crippen MR) is 108 cm³/mol. The topological polar surface area (TPSA) is 75.3 Å². The molecule has 0 spiro atoms. The van der Waals surface area contributed by atoms with E-state index in [4.69, 9.17) is 0 Å². The number of carbonyl (C=O) groups is 2. The Balaban J connectivity index is 1.92. The maximum Gasteiger partial charge on any atom is 0.251 e. The van der Waals surface area contributed by atoms with Gasteiger partial charge in [0.05, 0.1) is 10.8 Å². The molecule has 2 N–H and O–H groups in total. The molecule has 0 saturated carbocycles. The first-order valence-electron chi connectivity index (χ1n) is 9.10. The number of amides is 2. The Hall–Kier alpha value is -2.47. The van der Waals surface area contributed by atoms with Gasteiger partial charge in [-0.3, -0.25) is 13.8 Å². The monoisotopic (exact) mass is 386 g/mol. The molecule has 2 aromatic carbocycles. The fraction of sp³-hybridized carbons (Fsp3) is 0.333. The molecule has 2 amide bonds. The first-order chi connectivity index (χ1) is 13.0. The summed E-state index contributed by atoms with van der Waals surface area (Å²) in [6.07, 6.45) is 0.753. The Kier molecular flexibility index (Phi) is 8.20. The summed E-state index contributed by atoms with van der Waals surface area (Å²) in [5, 5.41) is 5.64. The van der Waals surface area contributed by atoms with Crippen LogP contribution in [-0.2, 0) is 15.6 Å². The highest BCUT2D eigenvalue weighted by Gasteiger charge is 2.26. The first-order valence-corrected chi connectivity index (χ1v) is 10.4. The SMILES string of the molecule is CC[C@H](C)[C@H](NC(=O)c1ccccc1)C(=O)NCC[S@@](=O)c1ccccc1. The van der Waals surface area contributed by atoms with Gasteiger partial charge >= 0.3 is 0 Å². The summed E-state index contributed by atoms with van der Waals surface area (Å²) < 4.78 is 12.2. The number of nitrogens with one attached hydrogen (secondary N) is 2. The molecule has 6 heteroatoms. The Morgan fingerprint density at radius 3 is 2.19 bits per heavy atom. The van der Waals surface area contributed by atoms with Gasteiger partial charge in [-0.1, -0.05) is 56.7 Å². The molecule has 0 fully saturated rings. The van der Waals surface area contributed by atoms with Gasteiger partial charge in [0.15, 0.2) is 0 Å². The van der Waals surface area contributed by atoms with E-state index in [1.54, 1.807) is 36.4 Å². The van der Waals surface area contributed by atoms with Crippen molar-refractivity contribution >= 4 is 22.6 Å². The molecule has 2 aromatic rings. The highest BCUT2D eigenvalue weighted by molar-refractivity contribution is 7.85. The minimum Gasteiger partial charge on any atom is -0.353 e. The summed E-state index contributed by atoms with van der Waals surface area (Å²) in [7, 11) is -1.17. The van der Waals surface area contributed by atoms with Crippen molar-refractivity contribution < 1.29 is 13.8 Å². The van der Waals surface area contributed by atoms with Crippen LogP contribution in [0, 0.1) is 5.92 Å². The highest BCUT2D eigenvalue weighted by Crippen LogP contribution is 2.10. The molecule has 3 atom stereocenters. The van der Waals surface area contributed by atoms with Gasteiger partial charge in [-0.05, 0) is 30.2 Å². The summed E-state index contributed by atoms with van der Waals surface area (Å²) in [6.45, 7) is 4.19. The molecule has 0 radical (unpaired) electrons. The van der Waals surface area contributed by atoms with E-state index in [9.17, 15) is 13.8 Å². The Bertz CT molecular complexity index is 766. The molecule has 27 heavy (non-hydrogen) atoms. The number of carbonyl (C=O) groups excluding carboxylic acids is 2. The fourth-order valence-corrected chi connectivity index (χ4v) is 3.57. The normalized spacial score (nSPS) is 14.0. The fourth-order valence-electron chi connectivity index (χ4n) is 2.58. The van der Waals surface area contributed by atoms with E-state index in [0.29, 0.717) is 11.3 Å². The van der Waals surface area contributed by atoms with Gasteiger partial charge in [0.25, 0.3) is 5.91 Å². The number of hydrogen-bond acceptors (Lipinski definition) is 3. The number of rotatable bonds is 9. The largest absolute Gasteiger partial charge is 0.353 e. The van der Waals surface area contributed by atoms with Crippen LogP contribution in [0.4, 0.5) is 0 Å². The lowest BCUT2D eigenvalue weighted by Gasteiger charge is -2.23. The Labute approximate surface area is 163 Å². The Morgan fingerprint density at radius 1 is 1.00 bits per heavy atom. The maximum atomic E-state index is 12.6. The van der Waals surface area contributed by atoms with Gasteiger partial charge in [0.1, 0.15) is 6.04 Å². The molecule has 2 rings (SSSR count).